The van der Waals surface area contributed by atoms with Crippen LogP contribution < -0.4 is 5.32 Å². The van der Waals surface area contributed by atoms with Crippen molar-refractivity contribution in [3.8, 4) is 0 Å². The summed E-state index contributed by atoms with van der Waals surface area (Å²) in [4.78, 5) is 17.5. The lowest BCUT2D eigenvalue weighted by Gasteiger charge is -2.16. The van der Waals surface area contributed by atoms with E-state index in [1.165, 1.54) is 5.06 Å². The van der Waals surface area contributed by atoms with Gasteiger partial charge in [-0.05, 0) is 38.1 Å². The highest BCUT2D eigenvalue weighted by Gasteiger charge is 2.22. The Hall–Kier alpha value is -1.39. The number of nitrogens with zero attached hydrogens (tertiary/aromatic N) is 1. The molecule has 1 aliphatic heterocycles. The summed E-state index contributed by atoms with van der Waals surface area (Å²) in [5.74, 6) is -0.0193. The van der Waals surface area contributed by atoms with Gasteiger partial charge in [0.25, 0.3) is 5.91 Å². The largest absolute Gasteiger partial charge is 0.319 e. The average molecular weight is 234 g/mol. The molecule has 1 N–H and O–H groups in total. The minimum atomic E-state index is -0.0193. The van der Waals surface area contributed by atoms with Gasteiger partial charge in [0.05, 0.1) is 13.2 Å². The first-order valence-corrected chi connectivity index (χ1v) is 6.00. The zero-order valence-electron chi connectivity index (χ0n) is 10.1. The first kappa shape index (κ1) is 12.1. The maximum absolute atomic E-state index is 12.2. The van der Waals surface area contributed by atoms with Gasteiger partial charge >= 0.3 is 0 Å². The number of rotatable bonds is 4. The highest BCUT2D eigenvalue weighted by molar-refractivity contribution is 5.95. The summed E-state index contributed by atoms with van der Waals surface area (Å²) in [5, 5.41) is 4.57. The van der Waals surface area contributed by atoms with E-state index in [0.717, 1.165) is 30.5 Å². The van der Waals surface area contributed by atoms with Gasteiger partial charge in [-0.1, -0.05) is 18.2 Å². The Morgan fingerprint density at radius 3 is 3.00 bits per heavy atom. The molecule has 1 heterocycles. The van der Waals surface area contributed by atoms with Crippen LogP contribution in [0.4, 0.5) is 0 Å². The van der Waals surface area contributed by atoms with Gasteiger partial charge < -0.3 is 5.32 Å². The highest BCUT2D eigenvalue weighted by Crippen LogP contribution is 2.15. The summed E-state index contributed by atoms with van der Waals surface area (Å²) in [5.41, 5.74) is 1.83. The molecule has 0 unspecified atom stereocenters. The number of benzene rings is 1. The molecule has 92 valence electrons. The first-order valence-electron chi connectivity index (χ1n) is 6.00. The number of carbonyl (C=O) groups excluding carboxylic acids is 1. The van der Waals surface area contributed by atoms with Crippen molar-refractivity contribution in [2.24, 2.45) is 0 Å². The smallest absolute Gasteiger partial charge is 0.277 e. The number of carbonyl (C=O) groups is 1. The van der Waals surface area contributed by atoms with Crippen LogP contribution in [0.5, 0.6) is 0 Å². The highest BCUT2D eigenvalue weighted by atomic mass is 16.7. The van der Waals surface area contributed by atoms with E-state index in [0.29, 0.717) is 13.2 Å². The molecule has 4 nitrogen and oxygen atoms in total. The lowest BCUT2D eigenvalue weighted by atomic mass is 10.0. The summed E-state index contributed by atoms with van der Waals surface area (Å²) in [6, 6.07) is 7.73. The van der Waals surface area contributed by atoms with Gasteiger partial charge in [-0.15, -0.1) is 0 Å². The molecule has 0 aromatic heterocycles. The van der Waals surface area contributed by atoms with Crippen molar-refractivity contribution in [3.05, 3.63) is 35.4 Å². The van der Waals surface area contributed by atoms with Gasteiger partial charge in [0.2, 0.25) is 0 Å². The molecule has 0 bridgehead atoms. The molecule has 0 aliphatic carbocycles. The molecule has 0 saturated carbocycles. The Morgan fingerprint density at radius 1 is 1.47 bits per heavy atom. The topological polar surface area (TPSA) is 41.6 Å². The van der Waals surface area contributed by atoms with Crippen molar-refractivity contribution in [1.29, 1.82) is 0 Å². The predicted octanol–water partition coefficient (Wildman–Crippen LogP) is 1.23. The second-order valence-corrected chi connectivity index (χ2v) is 4.10. The van der Waals surface area contributed by atoms with E-state index in [9.17, 15) is 4.79 Å². The molecule has 1 aliphatic rings. The lowest BCUT2D eigenvalue weighted by molar-refractivity contribution is -0.0769. The van der Waals surface area contributed by atoms with Gasteiger partial charge in [-0.3, -0.25) is 9.63 Å². The third-order valence-corrected chi connectivity index (χ3v) is 2.87. The minimum absolute atomic E-state index is 0.0193. The van der Waals surface area contributed by atoms with Crippen LogP contribution in [0.3, 0.4) is 0 Å². The van der Waals surface area contributed by atoms with Crippen LogP contribution in [-0.2, 0) is 11.3 Å². The van der Waals surface area contributed by atoms with Gasteiger partial charge in [0.15, 0.2) is 0 Å². The van der Waals surface area contributed by atoms with Crippen molar-refractivity contribution in [2.75, 3.05) is 26.7 Å². The van der Waals surface area contributed by atoms with E-state index in [2.05, 4.69) is 5.32 Å². The van der Waals surface area contributed by atoms with Crippen LogP contribution in [0.25, 0.3) is 0 Å². The van der Waals surface area contributed by atoms with E-state index in [1.807, 2.05) is 31.3 Å². The molecule has 1 saturated heterocycles. The number of hydrogen-bond donors (Lipinski definition) is 1. The third kappa shape index (κ3) is 2.84. The van der Waals surface area contributed by atoms with E-state index < -0.39 is 0 Å². The molecule has 1 fully saturated rings. The molecule has 1 amide bonds. The van der Waals surface area contributed by atoms with Gasteiger partial charge in [-0.2, -0.15) is 0 Å². The van der Waals surface area contributed by atoms with E-state index in [4.69, 9.17) is 4.84 Å². The first-order chi connectivity index (χ1) is 8.33. The Kier molecular flexibility index (Phi) is 4.12. The maximum Gasteiger partial charge on any atom is 0.277 e. The molecule has 4 heteroatoms. The van der Waals surface area contributed by atoms with Crippen molar-refractivity contribution >= 4 is 5.91 Å². The van der Waals surface area contributed by atoms with Crippen molar-refractivity contribution in [1.82, 2.24) is 10.4 Å². The third-order valence-electron chi connectivity index (χ3n) is 2.87. The number of hydroxylamine groups is 2. The minimum Gasteiger partial charge on any atom is -0.319 e. The van der Waals surface area contributed by atoms with Gasteiger partial charge in [-0.25, -0.2) is 5.06 Å². The number of hydrogen-bond acceptors (Lipinski definition) is 3. The summed E-state index contributed by atoms with van der Waals surface area (Å²) >= 11 is 0. The van der Waals surface area contributed by atoms with E-state index in [1.54, 1.807) is 0 Å². The van der Waals surface area contributed by atoms with Crippen LogP contribution in [0.1, 0.15) is 22.3 Å². The second-order valence-electron chi connectivity index (χ2n) is 4.10. The summed E-state index contributed by atoms with van der Waals surface area (Å²) in [6.45, 7) is 2.20. The van der Waals surface area contributed by atoms with E-state index in [-0.39, 0.29) is 5.91 Å². The van der Waals surface area contributed by atoms with Gasteiger partial charge in [0, 0.05) is 5.56 Å². The van der Waals surface area contributed by atoms with Crippen molar-refractivity contribution < 1.29 is 9.63 Å². The zero-order chi connectivity index (χ0) is 12.1. The molecule has 2 rings (SSSR count). The number of amides is 1. The Bertz CT molecular complexity index is 387. The number of nitrogens with one attached hydrogen (secondary N) is 1. The fraction of sp³-hybridized carbons (Fsp3) is 0.462. The maximum atomic E-state index is 12.2. The molecule has 1 aromatic rings. The standard InChI is InChI=1S/C13H18N2O2/c1-14-8-7-11-5-2-3-6-12(11)13(16)15-9-4-10-17-15/h2-3,5-6,14H,4,7-10H2,1H3. The summed E-state index contributed by atoms with van der Waals surface area (Å²) in [7, 11) is 1.91. The van der Waals surface area contributed by atoms with Crippen LogP contribution in [-0.4, -0.2) is 37.7 Å². The average Bonchev–Trinajstić information content (AvgIpc) is 2.89. The Morgan fingerprint density at radius 2 is 2.29 bits per heavy atom. The van der Waals surface area contributed by atoms with Gasteiger partial charge in [0.1, 0.15) is 0 Å². The Labute approximate surface area is 102 Å². The molecule has 17 heavy (non-hydrogen) atoms. The van der Waals surface area contributed by atoms with E-state index >= 15 is 0 Å². The fourth-order valence-electron chi connectivity index (χ4n) is 1.95. The van der Waals surface area contributed by atoms with Crippen LogP contribution in [0.15, 0.2) is 24.3 Å². The Balaban J connectivity index is 2.15. The molecule has 0 spiro atoms. The quantitative estimate of drug-likeness (QED) is 0.852. The van der Waals surface area contributed by atoms with Crippen molar-refractivity contribution in [2.45, 2.75) is 12.8 Å². The van der Waals surface area contributed by atoms with Crippen LogP contribution in [0.2, 0.25) is 0 Å². The molecule has 0 radical (unpaired) electrons. The molecule has 0 atom stereocenters. The molecular weight excluding hydrogens is 216 g/mol. The van der Waals surface area contributed by atoms with Crippen molar-refractivity contribution in [3.63, 3.8) is 0 Å². The number of likely N-dealkylation sites (N-methyl/N-ethyl adjacent to an activating group) is 1. The van der Waals surface area contributed by atoms with Crippen LogP contribution >= 0.6 is 0 Å². The summed E-state index contributed by atoms with van der Waals surface area (Å²) in [6.07, 6.45) is 1.77. The second kappa shape index (κ2) is 5.80. The fourth-order valence-corrected chi connectivity index (χ4v) is 1.95. The predicted molar refractivity (Wildman–Crippen MR) is 65.7 cm³/mol. The lowest BCUT2D eigenvalue weighted by Crippen LogP contribution is -2.27. The van der Waals surface area contributed by atoms with Crippen LogP contribution in [0, 0.1) is 0 Å². The molecule has 1 aromatic carbocycles. The molecular formula is C13H18N2O2. The zero-order valence-corrected chi connectivity index (χ0v) is 10.1. The summed E-state index contributed by atoms with van der Waals surface area (Å²) < 4.78 is 0. The SMILES string of the molecule is CNCCc1ccccc1C(=O)N1CCCO1. The normalized spacial score (nSPS) is 15.2. The monoisotopic (exact) mass is 234 g/mol.